The number of nitrogens with one attached hydrogen (secondary N) is 1. The predicted octanol–water partition coefficient (Wildman–Crippen LogP) is 2.59. The Balaban J connectivity index is 2.00. The zero-order valence-electron chi connectivity index (χ0n) is 15.6. The van der Waals surface area contributed by atoms with E-state index in [0.29, 0.717) is 13.0 Å². The van der Waals surface area contributed by atoms with Gasteiger partial charge in [-0.1, -0.05) is 17.7 Å². The van der Waals surface area contributed by atoms with Crippen molar-refractivity contribution in [2.75, 3.05) is 6.54 Å². The molecule has 1 saturated heterocycles. The number of likely N-dealkylation sites (tertiary alicyclic amines) is 1. The van der Waals surface area contributed by atoms with Gasteiger partial charge in [0.05, 0.1) is 4.90 Å². The maximum absolute atomic E-state index is 12.3. The lowest BCUT2D eigenvalue weighted by atomic mass is 10.1. The van der Waals surface area contributed by atoms with E-state index in [1.165, 1.54) is 17.0 Å². The number of carbonyl (C=O) groups is 2. The van der Waals surface area contributed by atoms with Crippen LogP contribution in [0.25, 0.3) is 0 Å². The Bertz CT molecular complexity index is 766. The second kappa shape index (κ2) is 7.65. The third kappa shape index (κ3) is 5.45. The van der Waals surface area contributed by atoms with Gasteiger partial charge in [-0.3, -0.25) is 4.79 Å². The van der Waals surface area contributed by atoms with E-state index >= 15 is 0 Å². The standard InChI is InChI=1S/C18H26N2O5S/c1-13-7-9-15(10-8-13)26(23,24)19-16(21)12-14-6-5-11-20(14)17(22)25-18(2,3)4/h7-10,14H,5-6,11-12H2,1-4H3,(H,19,21)/t14-/m0/s1. The molecule has 2 amide bonds. The van der Waals surface area contributed by atoms with Gasteiger partial charge in [0.2, 0.25) is 5.91 Å². The number of ether oxygens (including phenoxy) is 1. The number of aryl methyl sites for hydroxylation is 1. The number of benzene rings is 1. The highest BCUT2D eigenvalue weighted by atomic mass is 32.2. The Morgan fingerprint density at radius 1 is 1.23 bits per heavy atom. The predicted molar refractivity (Wildman–Crippen MR) is 97.1 cm³/mol. The summed E-state index contributed by atoms with van der Waals surface area (Å²) in [5.74, 6) is -0.633. The van der Waals surface area contributed by atoms with Gasteiger partial charge in [0, 0.05) is 19.0 Å². The van der Waals surface area contributed by atoms with Crippen LogP contribution in [0, 0.1) is 6.92 Å². The molecule has 0 saturated carbocycles. The Morgan fingerprint density at radius 3 is 2.42 bits per heavy atom. The van der Waals surface area contributed by atoms with Crippen LogP contribution in [0.1, 0.15) is 45.6 Å². The van der Waals surface area contributed by atoms with Gasteiger partial charge in [-0.25, -0.2) is 17.9 Å². The zero-order valence-corrected chi connectivity index (χ0v) is 16.4. The van der Waals surface area contributed by atoms with Gasteiger partial charge in [-0.05, 0) is 52.7 Å². The molecule has 1 aromatic rings. The fraction of sp³-hybridized carbons (Fsp3) is 0.556. The van der Waals surface area contributed by atoms with E-state index < -0.39 is 27.6 Å². The summed E-state index contributed by atoms with van der Waals surface area (Å²) in [5.41, 5.74) is 0.301. The summed E-state index contributed by atoms with van der Waals surface area (Å²) >= 11 is 0. The van der Waals surface area contributed by atoms with Crippen molar-refractivity contribution in [2.24, 2.45) is 0 Å². The summed E-state index contributed by atoms with van der Waals surface area (Å²) in [4.78, 5) is 26.0. The molecule has 1 atom stereocenters. The topological polar surface area (TPSA) is 92.8 Å². The Morgan fingerprint density at radius 2 is 1.85 bits per heavy atom. The number of hydrogen-bond acceptors (Lipinski definition) is 5. The molecular formula is C18H26N2O5S. The molecule has 144 valence electrons. The van der Waals surface area contributed by atoms with Crippen molar-refractivity contribution in [1.29, 1.82) is 0 Å². The average Bonchev–Trinajstić information content (AvgIpc) is 2.93. The first-order valence-corrected chi connectivity index (χ1v) is 10.1. The van der Waals surface area contributed by atoms with E-state index in [1.807, 2.05) is 6.92 Å². The number of hydrogen-bond donors (Lipinski definition) is 1. The largest absolute Gasteiger partial charge is 0.444 e. The van der Waals surface area contributed by atoms with E-state index in [1.54, 1.807) is 32.9 Å². The smallest absolute Gasteiger partial charge is 0.410 e. The van der Waals surface area contributed by atoms with Crippen molar-refractivity contribution >= 4 is 22.0 Å². The zero-order chi connectivity index (χ0) is 19.5. The van der Waals surface area contributed by atoms with Crippen molar-refractivity contribution < 1.29 is 22.7 Å². The number of sulfonamides is 1. The number of rotatable bonds is 4. The van der Waals surface area contributed by atoms with Crippen LogP contribution in [-0.4, -0.2) is 43.5 Å². The first kappa shape index (κ1) is 20.2. The second-order valence-corrected chi connectivity index (χ2v) is 9.20. The molecule has 1 heterocycles. The Hall–Kier alpha value is -2.09. The van der Waals surface area contributed by atoms with Crippen molar-refractivity contribution in [3.8, 4) is 0 Å². The second-order valence-electron chi connectivity index (χ2n) is 7.52. The lowest BCUT2D eigenvalue weighted by Gasteiger charge is -2.28. The summed E-state index contributed by atoms with van der Waals surface area (Å²) in [7, 11) is -3.92. The lowest BCUT2D eigenvalue weighted by molar-refractivity contribution is -0.120. The molecule has 0 aromatic heterocycles. The minimum atomic E-state index is -3.92. The highest BCUT2D eigenvalue weighted by Crippen LogP contribution is 2.23. The molecule has 1 aromatic carbocycles. The summed E-state index contributed by atoms with van der Waals surface area (Å²) in [6.45, 7) is 7.67. The molecule has 1 aliphatic heterocycles. The van der Waals surface area contributed by atoms with Crippen LogP contribution >= 0.6 is 0 Å². The third-order valence-electron chi connectivity index (χ3n) is 4.01. The van der Waals surface area contributed by atoms with Gasteiger partial charge in [-0.2, -0.15) is 0 Å². The fourth-order valence-corrected chi connectivity index (χ4v) is 3.79. The van der Waals surface area contributed by atoms with Crippen molar-refractivity contribution in [1.82, 2.24) is 9.62 Å². The van der Waals surface area contributed by atoms with E-state index in [4.69, 9.17) is 4.74 Å². The van der Waals surface area contributed by atoms with Gasteiger partial charge in [0.15, 0.2) is 0 Å². The summed E-state index contributed by atoms with van der Waals surface area (Å²) in [5, 5.41) is 0. The molecular weight excluding hydrogens is 356 g/mol. The normalized spacial score (nSPS) is 17.8. The van der Waals surface area contributed by atoms with Crippen molar-refractivity contribution in [3.05, 3.63) is 29.8 Å². The fourth-order valence-electron chi connectivity index (χ4n) is 2.79. The van der Waals surface area contributed by atoms with E-state index in [-0.39, 0.29) is 17.4 Å². The van der Waals surface area contributed by atoms with Crippen LogP contribution in [0.3, 0.4) is 0 Å². The van der Waals surface area contributed by atoms with Gasteiger partial charge in [0.25, 0.3) is 10.0 Å². The SMILES string of the molecule is Cc1ccc(S(=O)(=O)NC(=O)C[C@@H]2CCCN2C(=O)OC(C)(C)C)cc1. The minimum absolute atomic E-state index is 0.0341. The molecule has 0 bridgehead atoms. The van der Waals surface area contributed by atoms with Gasteiger partial charge in [-0.15, -0.1) is 0 Å². The maximum Gasteiger partial charge on any atom is 0.410 e. The molecule has 8 heteroatoms. The Kier molecular flexibility index (Phi) is 5.95. The van der Waals surface area contributed by atoms with Gasteiger partial charge < -0.3 is 9.64 Å². The molecule has 2 rings (SSSR count). The summed E-state index contributed by atoms with van der Waals surface area (Å²) in [6.07, 6.45) is 0.831. The molecule has 0 spiro atoms. The van der Waals surface area contributed by atoms with Crippen LogP contribution < -0.4 is 4.72 Å². The monoisotopic (exact) mass is 382 g/mol. The molecule has 26 heavy (non-hydrogen) atoms. The van der Waals surface area contributed by atoms with Crippen molar-refractivity contribution in [3.63, 3.8) is 0 Å². The molecule has 0 unspecified atom stereocenters. The first-order chi connectivity index (χ1) is 12.0. The molecule has 1 aliphatic rings. The third-order valence-corrected chi connectivity index (χ3v) is 5.39. The number of amides is 2. The molecule has 1 N–H and O–H groups in total. The highest BCUT2D eigenvalue weighted by molar-refractivity contribution is 7.90. The number of carbonyl (C=O) groups excluding carboxylic acids is 2. The lowest BCUT2D eigenvalue weighted by Crippen LogP contribution is -2.42. The van der Waals surface area contributed by atoms with Crippen LogP contribution in [0.2, 0.25) is 0 Å². The molecule has 1 fully saturated rings. The average molecular weight is 382 g/mol. The molecule has 0 aliphatic carbocycles. The first-order valence-electron chi connectivity index (χ1n) is 8.60. The van der Waals surface area contributed by atoms with Gasteiger partial charge >= 0.3 is 6.09 Å². The maximum atomic E-state index is 12.3. The van der Waals surface area contributed by atoms with Crippen LogP contribution in [0.15, 0.2) is 29.2 Å². The van der Waals surface area contributed by atoms with Crippen molar-refractivity contribution in [2.45, 2.75) is 63.5 Å². The molecule has 7 nitrogen and oxygen atoms in total. The van der Waals surface area contributed by atoms with Crippen LogP contribution in [0.5, 0.6) is 0 Å². The quantitative estimate of drug-likeness (QED) is 0.864. The Labute approximate surface area is 154 Å². The minimum Gasteiger partial charge on any atom is -0.444 e. The highest BCUT2D eigenvalue weighted by Gasteiger charge is 2.34. The molecule has 0 radical (unpaired) electrons. The van der Waals surface area contributed by atoms with E-state index in [0.717, 1.165) is 12.0 Å². The van der Waals surface area contributed by atoms with E-state index in [2.05, 4.69) is 4.72 Å². The summed E-state index contributed by atoms with van der Waals surface area (Å²) in [6, 6.07) is 5.87. The van der Waals surface area contributed by atoms with Crippen LogP contribution in [-0.2, 0) is 19.6 Å². The van der Waals surface area contributed by atoms with Crippen LogP contribution in [0.4, 0.5) is 4.79 Å². The van der Waals surface area contributed by atoms with E-state index in [9.17, 15) is 18.0 Å². The van der Waals surface area contributed by atoms with Gasteiger partial charge in [0.1, 0.15) is 5.60 Å². The summed E-state index contributed by atoms with van der Waals surface area (Å²) < 4.78 is 32.0. The number of nitrogens with zero attached hydrogens (tertiary/aromatic N) is 1.